The predicted molar refractivity (Wildman–Crippen MR) is 33.5 cm³/mol. The van der Waals surface area contributed by atoms with Crippen LogP contribution in [-0.4, -0.2) is 16.8 Å². The molecule has 0 spiro atoms. The zero-order valence-corrected chi connectivity index (χ0v) is 7.42. The van der Waals surface area contributed by atoms with Gasteiger partial charge in [-0.05, 0) is 13.8 Å². The molecule has 0 saturated heterocycles. The summed E-state index contributed by atoms with van der Waals surface area (Å²) in [4.78, 5) is 3.21. The van der Waals surface area contributed by atoms with E-state index in [9.17, 15) is 0 Å². The molecule has 48 valence electrons. The molecule has 0 amide bonds. The molecular weight excluding hydrogens is 186 g/mol. The Morgan fingerprint density at radius 3 is 2.25 bits per heavy atom. The molecule has 1 rings (SSSR count). The predicted octanol–water partition coefficient (Wildman–Crippen LogP) is -3.38. The van der Waals surface area contributed by atoms with Crippen LogP contribution < -0.4 is 22.0 Å². The van der Waals surface area contributed by atoms with Gasteiger partial charge < -0.3 is 17.0 Å². The molecule has 2 unspecified atom stereocenters. The quantitative estimate of drug-likeness (QED) is 0.427. The van der Waals surface area contributed by atoms with E-state index in [1.807, 2.05) is 11.8 Å². The number of thioether (sulfide) groups is 1. The summed E-state index contributed by atoms with van der Waals surface area (Å²) in [6.07, 6.45) is 0. The second kappa shape index (κ2) is 3.51. The van der Waals surface area contributed by atoms with E-state index in [2.05, 4.69) is 24.4 Å². The Labute approximate surface area is 64.7 Å². The number of nitrogens with one attached hydrogen (secondary N) is 1. The molecule has 0 radical (unpaired) electrons. The molecule has 8 heavy (non-hydrogen) atoms. The zero-order valence-electron chi connectivity index (χ0n) is 5.02. The van der Waals surface area contributed by atoms with Gasteiger partial charge in [0.25, 0.3) is 0 Å². The van der Waals surface area contributed by atoms with Gasteiger partial charge in [-0.1, -0.05) is 11.8 Å². The normalized spacial score (nSPS) is 34.8. The van der Waals surface area contributed by atoms with Gasteiger partial charge in [0.15, 0.2) is 11.6 Å². The highest BCUT2D eigenvalue weighted by Gasteiger charge is 2.20. The van der Waals surface area contributed by atoms with Crippen molar-refractivity contribution in [3.05, 3.63) is 0 Å². The van der Waals surface area contributed by atoms with Crippen LogP contribution in [0.4, 0.5) is 0 Å². The van der Waals surface area contributed by atoms with Crippen LogP contribution in [0.3, 0.4) is 0 Å². The minimum atomic E-state index is 0. The average molecular weight is 196 g/mol. The second-order valence-corrected chi connectivity index (χ2v) is 3.17. The summed E-state index contributed by atoms with van der Waals surface area (Å²) >= 11 is 1.87. The van der Waals surface area contributed by atoms with Crippen LogP contribution in [0.5, 0.6) is 0 Å². The summed E-state index contributed by atoms with van der Waals surface area (Å²) in [7, 11) is 0. The van der Waals surface area contributed by atoms with E-state index in [0.29, 0.717) is 6.04 Å². The van der Waals surface area contributed by atoms with Crippen LogP contribution in [-0.2, 0) is 0 Å². The van der Waals surface area contributed by atoms with Crippen LogP contribution >= 0.6 is 11.8 Å². The van der Waals surface area contributed by atoms with Crippen molar-refractivity contribution in [3.8, 4) is 0 Å². The molecule has 1 aliphatic heterocycles. The van der Waals surface area contributed by atoms with Crippen LogP contribution in [0.15, 0.2) is 0 Å². The smallest absolute Gasteiger partial charge is 0.197 e. The molecule has 0 aromatic rings. The molecule has 0 aliphatic carbocycles. The first kappa shape index (κ1) is 8.50. The molecule has 1 N–H and O–H groups in total. The number of halogens is 1. The van der Waals surface area contributed by atoms with E-state index >= 15 is 0 Å². The van der Waals surface area contributed by atoms with Crippen molar-refractivity contribution in [1.29, 1.82) is 0 Å². The van der Waals surface area contributed by atoms with Gasteiger partial charge in [-0.15, -0.1) is 0 Å². The summed E-state index contributed by atoms with van der Waals surface area (Å²) in [5, 5.41) is 0.764. The van der Waals surface area contributed by atoms with E-state index in [-0.39, 0.29) is 17.0 Å². The number of rotatable bonds is 0. The maximum absolute atomic E-state index is 3.21. The van der Waals surface area contributed by atoms with Gasteiger partial charge >= 0.3 is 0 Å². The molecule has 0 bridgehead atoms. The van der Waals surface area contributed by atoms with Gasteiger partial charge in [-0.25, -0.2) is 4.99 Å². The van der Waals surface area contributed by atoms with Crippen molar-refractivity contribution in [2.24, 2.45) is 0 Å². The highest BCUT2D eigenvalue weighted by Crippen LogP contribution is 2.09. The van der Waals surface area contributed by atoms with E-state index in [0.717, 1.165) is 5.25 Å². The van der Waals surface area contributed by atoms with Crippen molar-refractivity contribution in [2.75, 3.05) is 0 Å². The lowest BCUT2D eigenvalue weighted by Gasteiger charge is -1.96. The summed E-state index contributed by atoms with van der Waals surface area (Å²) in [5.74, 6) is 0. The third kappa shape index (κ3) is 1.78. The van der Waals surface area contributed by atoms with Crippen molar-refractivity contribution < 1.29 is 22.0 Å². The number of hydrogen-bond acceptors (Lipinski definition) is 1. The van der Waals surface area contributed by atoms with E-state index < -0.39 is 0 Å². The van der Waals surface area contributed by atoms with Gasteiger partial charge in [-0.3, -0.25) is 0 Å². The molecule has 0 aromatic heterocycles. The van der Waals surface area contributed by atoms with Gasteiger partial charge in [0.05, 0.1) is 5.25 Å². The molecule has 0 aromatic carbocycles. The lowest BCUT2D eigenvalue weighted by atomic mass is 10.3. The largest absolute Gasteiger partial charge is 1.00 e. The first-order valence-corrected chi connectivity index (χ1v) is 3.48. The van der Waals surface area contributed by atoms with Gasteiger partial charge in [-0.2, -0.15) is 0 Å². The number of hydrogen-bond donors (Lipinski definition) is 1. The Bertz CT molecular complexity index is 94.4. The minimum absolute atomic E-state index is 0. The van der Waals surface area contributed by atoms with Crippen LogP contribution in [0.1, 0.15) is 13.8 Å². The Balaban J connectivity index is 0.000000490. The first-order valence-electron chi connectivity index (χ1n) is 2.54. The molecular formula is C5H10BrNS. The molecule has 2 atom stereocenters. The Morgan fingerprint density at radius 2 is 2.12 bits per heavy atom. The van der Waals surface area contributed by atoms with Crippen LogP contribution in [0.25, 0.3) is 0 Å². The third-order valence-electron chi connectivity index (χ3n) is 1.32. The Hall–Kier alpha value is 0.500. The van der Waals surface area contributed by atoms with E-state index in [1.54, 1.807) is 0 Å². The fourth-order valence-electron chi connectivity index (χ4n) is 0.507. The van der Waals surface area contributed by atoms with Crippen LogP contribution in [0, 0.1) is 0 Å². The lowest BCUT2D eigenvalue weighted by molar-refractivity contribution is -0.485. The van der Waals surface area contributed by atoms with Gasteiger partial charge in [0.2, 0.25) is 0 Å². The summed E-state index contributed by atoms with van der Waals surface area (Å²) < 4.78 is 0. The molecule has 1 nitrogen and oxygen atoms in total. The fourth-order valence-corrected chi connectivity index (χ4v) is 1.33. The first-order chi connectivity index (χ1) is 3.30. The third-order valence-corrected chi connectivity index (χ3v) is 2.43. The fraction of sp³-hybridized carbons (Fsp3) is 0.800. The van der Waals surface area contributed by atoms with E-state index in [4.69, 9.17) is 0 Å². The SMILES string of the molecule is CC1[NH+]=CSC1C.[Br-]. The highest BCUT2D eigenvalue weighted by atomic mass is 79.9. The summed E-state index contributed by atoms with van der Waals surface area (Å²) in [6, 6.07) is 0.671. The van der Waals surface area contributed by atoms with Crippen molar-refractivity contribution in [2.45, 2.75) is 25.1 Å². The topological polar surface area (TPSA) is 14.0 Å². The monoisotopic (exact) mass is 195 g/mol. The van der Waals surface area contributed by atoms with E-state index in [1.165, 1.54) is 0 Å². The molecule has 3 heteroatoms. The Kier molecular flexibility index (Phi) is 3.73. The summed E-state index contributed by atoms with van der Waals surface area (Å²) in [6.45, 7) is 4.42. The standard InChI is InChI=1S/C5H9NS.BrH/c1-4-5(2)7-3-6-4;/h3-5H,1-2H3;1H. The highest BCUT2D eigenvalue weighted by molar-refractivity contribution is 8.12. The maximum atomic E-state index is 3.21. The maximum Gasteiger partial charge on any atom is 0.197 e. The molecule has 1 heterocycles. The second-order valence-electron chi connectivity index (χ2n) is 1.91. The van der Waals surface area contributed by atoms with Crippen molar-refractivity contribution in [3.63, 3.8) is 0 Å². The lowest BCUT2D eigenvalue weighted by Crippen LogP contribution is -3.00. The molecule has 0 saturated carbocycles. The summed E-state index contributed by atoms with van der Waals surface area (Å²) in [5.41, 5.74) is 2.06. The zero-order chi connectivity index (χ0) is 5.28. The van der Waals surface area contributed by atoms with Crippen LogP contribution in [0.2, 0.25) is 0 Å². The van der Waals surface area contributed by atoms with Gasteiger partial charge in [0.1, 0.15) is 0 Å². The van der Waals surface area contributed by atoms with Crippen molar-refractivity contribution in [1.82, 2.24) is 0 Å². The minimum Gasteiger partial charge on any atom is -1.00 e. The average Bonchev–Trinajstić information content (AvgIpc) is 1.91. The van der Waals surface area contributed by atoms with Gasteiger partial charge in [0, 0.05) is 0 Å². The Morgan fingerprint density at radius 1 is 1.50 bits per heavy atom. The molecule has 1 aliphatic rings. The molecule has 0 fully saturated rings. The van der Waals surface area contributed by atoms with Crippen molar-refractivity contribution >= 4 is 17.3 Å².